The van der Waals surface area contributed by atoms with Gasteiger partial charge in [0.2, 0.25) is 0 Å². The van der Waals surface area contributed by atoms with Gasteiger partial charge in [0.05, 0.1) is 11.2 Å². The number of amides is 1. The minimum absolute atomic E-state index is 0.0301. The van der Waals surface area contributed by atoms with Crippen molar-refractivity contribution in [1.29, 1.82) is 0 Å². The highest BCUT2D eigenvalue weighted by atomic mass is 32.2. The summed E-state index contributed by atoms with van der Waals surface area (Å²) < 4.78 is 29.1. The normalized spacial score (nSPS) is 17.0. The number of carbonyl (C=O) groups is 1. The van der Waals surface area contributed by atoms with E-state index in [1.807, 2.05) is 29.2 Å². The van der Waals surface area contributed by atoms with Crippen LogP contribution in [-0.2, 0) is 15.4 Å². The Labute approximate surface area is 229 Å². The molecular weight excluding hydrogens is 508 g/mol. The topological polar surface area (TPSA) is 82.6 Å². The second-order valence-corrected chi connectivity index (χ2v) is 12.2. The van der Waals surface area contributed by atoms with Gasteiger partial charge < -0.3 is 4.90 Å². The number of pyridine rings is 1. The third-order valence-corrected chi connectivity index (χ3v) is 9.26. The quantitative estimate of drug-likeness (QED) is 0.376. The molecule has 3 aromatic carbocycles. The van der Waals surface area contributed by atoms with Crippen LogP contribution in [0.4, 0.5) is 5.69 Å². The lowest BCUT2D eigenvalue weighted by Crippen LogP contribution is -2.50. The molecule has 8 heteroatoms. The van der Waals surface area contributed by atoms with Gasteiger partial charge in [-0.05, 0) is 67.8 Å². The predicted octanol–water partition coefficient (Wildman–Crippen LogP) is 4.43. The number of anilines is 1. The summed E-state index contributed by atoms with van der Waals surface area (Å²) in [5, 5.41) is 0.752. The van der Waals surface area contributed by atoms with Gasteiger partial charge in [0, 0.05) is 60.8 Å². The number of aromatic nitrogens is 1. The highest BCUT2D eigenvalue weighted by Gasteiger charge is 2.46. The van der Waals surface area contributed by atoms with E-state index in [1.54, 1.807) is 49.5 Å². The van der Waals surface area contributed by atoms with Crippen LogP contribution in [0.15, 0.2) is 77.8 Å². The van der Waals surface area contributed by atoms with Gasteiger partial charge in [0.25, 0.3) is 15.9 Å². The lowest BCUT2D eigenvalue weighted by atomic mass is 9.96. The minimum Gasteiger partial charge on any atom is -0.336 e. The number of rotatable bonds is 7. The zero-order chi connectivity index (χ0) is 27.0. The molecule has 39 heavy (non-hydrogen) atoms. The number of para-hydroxylation sites is 1. The summed E-state index contributed by atoms with van der Waals surface area (Å²) in [5.41, 5.74) is 3.53. The highest BCUT2D eigenvalue weighted by molar-refractivity contribution is 7.93. The molecule has 1 saturated heterocycles. The lowest BCUT2D eigenvalue weighted by molar-refractivity contribution is 0.0626. The molecule has 1 aliphatic heterocycles. The first kappa shape index (κ1) is 25.4. The van der Waals surface area contributed by atoms with Crippen molar-refractivity contribution < 1.29 is 13.2 Å². The van der Waals surface area contributed by atoms with Gasteiger partial charge in [-0.3, -0.25) is 19.4 Å². The Bertz CT molecular complexity index is 1620. The van der Waals surface area contributed by atoms with E-state index in [1.165, 1.54) is 18.4 Å². The zero-order valence-electron chi connectivity index (χ0n) is 21.9. The van der Waals surface area contributed by atoms with E-state index in [9.17, 15) is 13.2 Å². The van der Waals surface area contributed by atoms with Crippen molar-refractivity contribution in [2.75, 3.05) is 37.4 Å². The molecular formula is C31H30N4O3S. The van der Waals surface area contributed by atoms with E-state index in [2.05, 4.69) is 32.8 Å². The Morgan fingerprint density at radius 1 is 1.03 bits per heavy atom. The number of hydrogen-bond acceptors (Lipinski definition) is 5. The maximum Gasteiger partial charge on any atom is 0.264 e. The number of benzene rings is 2. The monoisotopic (exact) mass is 538 g/mol. The van der Waals surface area contributed by atoms with Crippen molar-refractivity contribution in [2.24, 2.45) is 0 Å². The molecule has 1 aliphatic carbocycles. The molecule has 1 saturated carbocycles. The van der Waals surface area contributed by atoms with Crippen LogP contribution in [0.25, 0.3) is 10.9 Å². The van der Waals surface area contributed by atoms with Crippen molar-refractivity contribution in [2.45, 2.75) is 30.1 Å². The summed E-state index contributed by atoms with van der Waals surface area (Å²) >= 11 is 0. The second kappa shape index (κ2) is 9.99. The smallest absolute Gasteiger partial charge is 0.264 e. The molecule has 4 aromatic rings. The van der Waals surface area contributed by atoms with Crippen molar-refractivity contribution in [1.82, 2.24) is 14.8 Å². The first-order valence-corrected chi connectivity index (χ1v) is 14.7. The molecule has 7 nitrogen and oxygen atoms in total. The molecule has 198 valence electrons. The molecule has 0 bridgehead atoms. The molecule has 0 spiro atoms. The molecule has 2 fully saturated rings. The van der Waals surface area contributed by atoms with Gasteiger partial charge in [-0.15, -0.1) is 0 Å². The average Bonchev–Trinajstić information content (AvgIpc) is 3.75. The van der Waals surface area contributed by atoms with Crippen LogP contribution in [0.1, 0.15) is 34.3 Å². The standard InChI is InChI=1S/C31H30N4O3S/c1-23-21-25(12-13-27(23)33-39(37,38)28-11-5-7-24-8-6-16-32-29(24)28)30(36)35-19-17-34(18-20-35)22-31(14-15-31)26-9-3-2-4-10-26/h2-3,5-9,11-13,16,21,33H,14-15,17-20,22H2,1H3. The Morgan fingerprint density at radius 2 is 1.82 bits per heavy atom. The number of piperazine rings is 1. The van der Waals surface area contributed by atoms with Gasteiger partial charge in [-0.25, -0.2) is 8.42 Å². The van der Waals surface area contributed by atoms with Crippen LogP contribution >= 0.6 is 0 Å². The SMILES string of the molecule is Cc1cc(C(=O)N2CCN(CC3(c4c#cccc4)CC3)CC2)ccc1NS(=O)(=O)c1cccc2cccnc12. The predicted molar refractivity (Wildman–Crippen MR) is 151 cm³/mol. The number of carbonyl (C=O) groups excluding carboxylic acids is 1. The van der Waals surface area contributed by atoms with E-state index >= 15 is 0 Å². The Hall–Kier alpha value is -3.93. The molecule has 0 atom stereocenters. The fourth-order valence-electron chi connectivity index (χ4n) is 5.45. The fourth-order valence-corrected chi connectivity index (χ4v) is 6.76. The van der Waals surface area contributed by atoms with Gasteiger partial charge in [0.15, 0.2) is 0 Å². The first-order chi connectivity index (χ1) is 18.8. The van der Waals surface area contributed by atoms with E-state index in [0.29, 0.717) is 35.4 Å². The first-order valence-electron chi connectivity index (χ1n) is 13.2. The van der Waals surface area contributed by atoms with Crippen LogP contribution in [-0.4, -0.2) is 61.8 Å². The van der Waals surface area contributed by atoms with E-state index < -0.39 is 10.0 Å². The van der Waals surface area contributed by atoms with Crippen molar-refractivity contribution in [3.05, 3.63) is 102 Å². The number of nitrogens with zero attached hydrogens (tertiary/aromatic N) is 3. The van der Waals surface area contributed by atoms with E-state index in [-0.39, 0.29) is 16.2 Å². The molecule has 1 amide bonds. The third kappa shape index (κ3) is 5.08. The van der Waals surface area contributed by atoms with Crippen LogP contribution < -0.4 is 4.72 Å². The summed E-state index contributed by atoms with van der Waals surface area (Å²) in [7, 11) is -3.87. The van der Waals surface area contributed by atoms with Crippen molar-refractivity contribution in [3.8, 4) is 0 Å². The van der Waals surface area contributed by atoms with E-state index in [4.69, 9.17) is 0 Å². The summed E-state index contributed by atoms with van der Waals surface area (Å²) in [4.78, 5) is 22.0. The van der Waals surface area contributed by atoms with Crippen LogP contribution in [0.2, 0.25) is 0 Å². The highest BCUT2D eigenvalue weighted by Crippen LogP contribution is 2.48. The lowest BCUT2D eigenvalue weighted by Gasteiger charge is -2.36. The number of nitrogens with one attached hydrogen (secondary N) is 1. The van der Waals surface area contributed by atoms with Crippen LogP contribution in [0.3, 0.4) is 0 Å². The van der Waals surface area contributed by atoms with Crippen LogP contribution in [0.5, 0.6) is 0 Å². The van der Waals surface area contributed by atoms with E-state index in [0.717, 1.165) is 25.0 Å². The average molecular weight is 539 g/mol. The Balaban J connectivity index is 1.10. The zero-order valence-corrected chi connectivity index (χ0v) is 22.7. The van der Waals surface area contributed by atoms with Gasteiger partial charge in [-0.1, -0.05) is 36.4 Å². The third-order valence-electron chi connectivity index (χ3n) is 7.86. The molecule has 2 aliphatic rings. The molecule has 1 N–H and O–H groups in total. The Kier molecular flexibility index (Phi) is 6.49. The second-order valence-electron chi connectivity index (χ2n) is 10.5. The van der Waals surface area contributed by atoms with Crippen LogP contribution in [0, 0.1) is 19.1 Å². The summed E-state index contributed by atoms with van der Waals surface area (Å²) in [6.07, 6.45) is 3.93. The minimum atomic E-state index is -3.87. The summed E-state index contributed by atoms with van der Waals surface area (Å²) in [6.45, 7) is 5.80. The summed E-state index contributed by atoms with van der Waals surface area (Å²) in [6, 6.07) is 26.2. The Morgan fingerprint density at radius 3 is 2.54 bits per heavy atom. The molecule has 6 rings (SSSR count). The van der Waals surface area contributed by atoms with Gasteiger partial charge >= 0.3 is 0 Å². The number of sulfonamides is 1. The van der Waals surface area contributed by atoms with Crippen molar-refractivity contribution >= 4 is 32.5 Å². The summed E-state index contributed by atoms with van der Waals surface area (Å²) in [5.74, 6) is -0.0301. The fraction of sp³-hybridized carbons (Fsp3) is 0.290. The van der Waals surface area contributed by atoms with Crippen molar-refractivity contribution in [3.63, 3.8) is 0 Å². The maximum atomic E-state index is 13.3. The number of aryl methyl sites for hydroxylation is 1. The number of hydrogen-bond donors (Lipinski definition) is 1. The van der Waals surface area contributed by atoms with Gasteiger partial charge in [-0.2, -0.15) is 0 Å². The maximum absolute atomic E-state index is 13.3. The number of fused-ring (bicyclic) bond motifs is 1. The molecule has 1 aromatic heterocycles. The largest absolute Gasteiger partial charge is 0.336 e. The van der Waals surface area contributed by atoms with Gasteiger partial charge in [0.1, 0.15) is 4.90 Å². The molecule has 2 heterocycles. The molecule has 0 radical (unpaired) electrons. The molecule has 0 unspecified atom stereocenters.